The second kappa shape index (κ2) is 6.52. The first kappa shape index (κ1) is 14.5. The van der Waals surface area contributed by atoms with E-state index in [0.717, 1.165) is 35.8 Å². The molecule has 2 aromatic heterocycles. The van der Waals surface area contributed by atoms with E-state index in [4.69, 9.17) is 17.4 Å². The van der Waals surface area contributed by atoms with Crippen LogP contribution in [0.2, 0.25) is 5.02 Å². The number of nitrogens with two attached hydrogens (primary N) is 1. The Hall–Kier alpha value is -0.880. The summed E-state index contributed by atoms with van der Waals surface area (Å²) in [4.78, 5) is 1.32. The first-order chi connectivity index (χ1) is 9.15. The van der Waals surface area contributed by atoms with Crippen LogP contribution in [0.25, 0.3) is 0 Å². The van der Waals surface area contributed by atoms with Gasteiger partial charge in [-0.15, -0.1) is 11.3 Å². The number of rotatable bonds is 6. The van der Waals surface area contributed by atoms with Gasteiger partial charge in [0, 0.05) is 23.9 Å². The van der Waals surface area contributed by atoms with Crippen LogP contribution in [-0.2, 0) is 19.4 Å². The van der Waals surface area contributed by atoms with Crippen LogP contribution in [0.4, 0.5) is 0 Å². The number of hydrogen-bond acceptors (Lipinski definition) is 4. The lowest BCUT2D eigenvalue weighted by Crippen LogP contribution is -2.38. The number of hydrogen-bond donors (Lipinski definition) is 2. The molecule has 0 amide bonds. The van der Waals surface area contributed by atoms with Crippen LogP contribution in [0, 0.1) is 6.92 Å². The minimum atomic E-state index is 0.164. The molecule has 0 aliphatic heterocycles. The van der Waals surface area contributed by atoms with Crippen LogP contribution < -0.4 is 11.3 Å². The number of hydrazine groups is 1. The van der Waals surface area contributed by atoms with Crippen molar-refractivity contribution in [1.29, 1.82) is 0 Å². The van der Waals surface area contributed by atoms with Crippen LogP contribution in [-0.4, -0.2) is 15.8 Å². The standard InChI is InChI=1S/C13H19ClN4S/c1-3-18-12(13(14)9(2)17-18)8-10(16-15)7-11-5-4-6-19-11/h4-6,10,16H,3,7-8,15H2,1-2H3. The quantitative estimate of drug-likeness (QED) is 0.636. The molecule has 2 rings (SSSR count). The monoisotopic (exact) mass is 298 g/mol. The fourth-order valence-corrected chi connectivity index (χ4v) is 3.16. The predicted octanol–water partition coefficient (Wildman–Crippen LogP) is 2.54. The van der Waals surface area contributed by atoms with E-state index in [9.17, 15) is 0 Å². The van der Waals surface area contributed by atoms with Crippen molar-refractivity contribution >= 4 is 22.9 Å². The van der Waals surface area contributed by atoms with E-state index in [-0.39, 0.29) is 6.04 Å². The van der Waals surface area contributed by atoms with Crippen molar-refractivity contribution in [2.24, 2.45) is 5.84 Å². The maximum Gasteiger partial charge on any atom is 0.0847 e. The van der Waals surface area contributed by atoms with Gasteiger partial charge in [-0.25, -0.2) is 0 Å². The summed E-state index contributed by atoms with van der Waals surface area (Å²) < 4.78 is 1.95. The van der Waals surface area contributed by atoms with Gasteiger partial charge in [0.1, 0.15) is 0 Å². The molecule has 19 heavy (non-hydrogen) atoms. The molecule has 2 aromatic rings. The molecular formula is C13H19ClN4S. The largest absolute Gasteiger partial charge is 0.271 e. The summed E-state index contributed by atoms with van der Waals surface area (Å²) in [5.74, 6) is 5.67. The SMILES string of the molecule is CCn1nc(C)c(Cl)c1CC(Cc1cccs1)NN. The summed E-state index contributed by atoms with van der Waals surface area (Å²) in [5.41, 5.74) is 4.82. The van der Waals surface area contributed by atoms with Gasteiger partial charge in [-0.2, -0.15) is 5.10 Å². The van der Waals surface area contributed by atoms with Crippen LogP contribution in [0.5, 0.6) is 0 Å². The fourth-order valence-electron chi connectivity index (χ4n) is 2.16. The molecule has 0 bridgehead atoms. The van der Waals surface area contributed by atoms with Gasteiger partial charge in [0.15, 0.2) is 0 Å². The molecule has 104 valence electrons. The zero-order chi connectivity index (χ0) is 13.8. The van der Waals surface area contributed by atoms with E-state index in [1.165, 1.54) is 4.88 Å². The molecule has 0 aliphatic carbocycles. The Balaban J connectivity index is 2.14. The average molecular weight is 299 g/mol. The van der Waals surface area contributed by atoms with Gasteiger partial charge in [-0.05, 0) is 31.7 Å². The van der Waals surface area contributed by atoms with Crippen LogP contribution in [0.1, 0.15) is 23.2 Å². The molecule has 4 nitrogen and oxygen atoms in total. The number of aryl methyl sites for hydroxylation is 2. The second-order valence-corrected chi connectivity index (χ2v) is 5.92. The van der Waals surface area contributed by atoms with E-state index in [0.29, 0.717) is 0 Å². The van der Waals surface area contributed by atoms with Gasteiger partial charge in [-0.3, -0.25) is 16.0 Å². The highest BCUT2D eigenvalue weighted by Gasteiger charge is 2.17. The highest BCUT2D eigenvalue weighted by molar-refractivity contribution is 7.09. The highest BCUT2D eigenvalue weighted by Crippen LogP contribution is 2.22. The first-order valence-corrected chi connectivity index (χ1v) is 7.61. The molecular weight excluding hydrogens is 280 g/mol. The lowest BCUT2D eigenvalue weighted by molar-refractivity contribution is 0.498. The molecule has 1 atom stereocenters. The van der Waals surface area contributed by atoms with Crippen molar-refractivity contribution in [2.45, 2.75) is 39.3 Å². The van der Waals surface area contributed by atoms with Gasteiger partial charge < -0.3 is 0 Å². The number of nitrogens with one attached hydrogen (secondary N) is 1. The topological polar surface area (TPSA) is 55.9 Å². The Morgan fingerprint density at radius 3 is 2.89 bits per heavy atom. The smallest absolute Gasteiger partial charge is 0.0847 e. The molecule has 1 unspecified atom stereocenters. The molecule has 0 radical (unpaired) electrons. The first-order valence-electron chi connectivity index (χ1n) is 6.36. The Morgan fingerprint density at radius 1 is 1.53 bits per heavy atom. The molecule has 0 saturated carbocycles. The average Bonchev–Trinajstić information content (AvgIpc) is 3.01. The maximum atomic E-state index is 6.33. The number of aromatic nitrogens is 2. The fraction of sp³-hybridized carbons (Fsp3) is 0.462. The van der Waals surface area contributed by atoms with Gasteiger partial charge in [0.05, 0.1) is 16.4 Å². The van der Waals surface area contributed by atoms with E-state index < -0.39 is 0 Å². The highest BCUT2D eigenvalue weighted by atomic mass is 35.5. The van der Waals surface area contributed by atoms with Gasteiger partial charge in [-0.1, -0.05) is 17.7 Å². The third kappa shape index (κ3) is 3.36. The summed E-state index contributed by atoms with van der Waals surface area (Å²) in [6, 6.07) is 4.34. The Morgan fingerprint density at radius 2 is 2.32 bits per heavy atom. The third-order valence-corrected chi connectivity index (χ3v) is 4.55. The maximum absolute atomic E-state index is 6.33. The third-order valence-electron chi connectivity index (χ3n) is 3.16. The van der Waals surface area contributed by atoms with Crippen molar-refractivity contribution in [3.05, 3.63) is 38.8 Å². The van der Waals surface area contributed by atoms with E-state index in [1.807, 2.05) is 11.6 Å². The van der Waals surface area contributed by atoms with E-state index >= 15 is 0 Å². The second-order valence-electron chi connectivity index (χ2n) is 4.51. The van der Waals surface area contributed by atoms with E-state index in [1.54, 1.807) is 11.3 Å². The molecule has 0 saturated heterocycles. The summed E-state index contributed by atoms with van der Waals surface area (Å²) in [6.07, 6.45) is 1.68. The summed E-state index contributed by atoms with van der Waals surface area (Å²) in [7, 11) is 0. The van der Waals surface area contributed by atoms with Gasteiger partial charge >= 0.3 is 0 Å². The minimum absolute atomic E-state index is 0.164. The van der Waals surface area contributed by atoms with Crippen molar-refractivity contribution in [3.63, 3.8) is 0 Å². The molecule has 0 aliphatic rings. The summed E-state index contributed by atoms with van der Waals surface area (Å²) in [6.45, 7) is 4.82. The molecule has 6 heteroatoms. The van der Waals surface area contributed by atoms with Gasteiger partial charge in [0.25, 0.3) is 0 Å². The minimum Gasteiger partial charge on any atom is -0.271 e. The predicted molar refractivity (Wildman–Crippen MR) is 80.5 cm³/mol. The lowest BCUT2D eigenvalue weighted by atomic mass is 10.1. The van der Waals surface area contributed by atoms with Crippen molar-refractivity contribution < 1.29 is 0 Å². The van der Waals surface area contributed by atoms with Crippen LogP contribution >= 0.6 is 22.9 Å². The summed E-state index contributed by atoms with van der Waals surface area (Å²) in [5, 5.41) is 7.27. The van der Waals surface area contributed by atoms with Crippen molar-refractivity contribution in [2.75, 3.05) is 0 Å². The number of halogens is 1. The molecule has 0 spiro atoms. The van der Waals surface area contributed by atoms with Crippen molar-refractivity contribution in [1.82, 2.24) is 15.2 Å². The zero-order valence-electron chi connectivity index (χ0n) is 11.2. The Labute approximate surface area is 122 Å². The number of thiophene rings is 1. The zero-order valence-corrected chi connectivity index (χ0v) is 12.8. The molecule has 2 heterocycles. The summed E-state index contributed by atoms with van der Waals surface area (Å²) >= 11 is 8.07. The van der Waals surface area contributed by atoms with E-state index in [2.05, 4.69) is 35.0 Å². The Bertz CT molecular complexity index is 521. The number of nitrogens with zero attached hydrogens (tertiary/aromatic N) is 2. The lowest BCUT2D eigenvalue weighted by Gasteiger charge is -2.16. The normalized spacial score (nSPS) is 12.8. The molecule has 0 aromatic carbocycles. The Kier molecular flexibility index (Phi) is 4.99. The van der Waals surface area contributed by atoms with Crippen LogP contribution in [0.3, 0.4) is 0 Å². The molecule has 3 N–H and O–H groups in total. The molecule has 0 fully saturated rings. The van der Waals surface area contributed by atoms with Crippen molar-refractivity contribution in [3.8, 4) is 0 Å². The van der Waals surface area contributed by atoms with Crippen LogP contribution in [0.15, 0.2) is 17.5 Å². The van der Waals surface area contributed by atoms with Gasteiger partial charge in [0.2, 0.25) is 0 Å².